The first-order valence-corrected chi connectivity index (χ1v) is 5.32. The van der Waals surface area contributed by atoms with Crippen molar-refractivity contribution in [3.63, 3.8) is 0 Å². The van der Waals surface area contributed by atoms with E-state index in [1.807, 2.05) is 12.1 Å². The summed E-state index contributed by atoms with van der Waals surface area (Å²) < 4.78 is 6.20. The summed E-state index contributed by atoms with van der Waals surface area (Å²) in [5, 5.41) is 0. The molecule has 0 saturated heterocycles. The van der Waals surface area contributed by atoms with Crippen LogP contribution < -0.4 is 5.73 Å². The number of aryl methyl sites for hydroxylation is 1. The minimum absolute atomic E-state index is 0.377. The molecule has 0 aromatic carbocycles. The number of nitrogens with zero attached hydrogens (tertiary/aromatic N) is 1. The van der Waals surface area contributed by atoms with E-state index in [1.165, 1.54) is 11.3 Å². The van der Waals surface area contributed by atoms with Crippen LogP contribution in [0, 0.1) is 6.92 Å². The van der Waals surface area contributed by atoms with Gasteiger partial charge in [-0.25, -0.2) is 4.98 Å². The van der Waals surface area contributed by atoms with Crippen molar-refractivity contribution < 1.29 is 4.42 Å². The fraction of sp³-hybridized carbons (Fsp3) is 0.222. The molecule has 0 radical (unpaired) electrons. The molecule has 0 spiro atoms. The zero-order chi connectivity index (χ0) is 10.1. The molecule has 0 aliphatic heterocycles. The molecular weight excluding hydrogens is 220 g/mol. The predicted octanol–water partition coefficient (Wildman–Crippen LogP) is 2.82. The van der Waals surface area contributed by atoms with Gasteiger partial charge >= 0.3 is 0 Å². The minimum atomic E-state index is 0.377. The maximum absolute atomic E-state index is 5.84. The molecule has 0 fully saturated rings. The summed E-state index contributed by atoms with van der Waals surface area (Å²) in [6, 6.07) is 3.74. The van der Waals surface area contributed by atoms with Crippen LogP contribution in [0.4, 0.5) is 0 Å². The molecule has 2 heterocycles. The van der Waals surface area contributed by atoms with Crippen LogP contribution >= 0.6 is 22.9 Å². The fourth-order valence-electron chi connectivity index (χ4n) is 1.24. The van der Waals surface area contributed by atoms with E-state index in [-0.39, 0.29) is 0 Å². The van der Waals surface area contributed by atoms with Gasteiger partial charge < -0.3 is 10.2 Å². The first kappa shape index (κ1) is 9.71. The highest BCUT2D eigenvalue weighted by atomic mass is 35.5. The van der Waals surface area contributed by atoms with Crippen LogP contribution in [0.3, 0.4) is 0 Å². The van der Waals surface area contributed by atoms with Crippen LogP contribution in [0.2, 0.25) is 4.34 Å². The Bertz CT molecular complexity index is 449. The molecule has 0 amide bonds. The van der Waals surface area contributed by atoms with Crippen LogP contribution in [0.1, 0.15) is 11.6 Å². The summed E-state index contributed by atoms with van der Waals surface area (Å²) >= 11 is 7.30. The SMILES string of the molecule is Cc1nc(CN)c(-c2ccc(Cl)s2)o1. The Kier molecular flexibility index (Phi) is 2.58. The normalized spacial score (nSPS) is 10.8. The molecule has 3 nitrogen and oxygen atoms in total. The molecule has 0 aliphatic rings. The molecule has 0 unspecified atom stereocenters. The standard InChI is InChI=1S/C9H9ClN2OS/c1-5-12-6(4-11)9(13-5)7-2-3-8(10)14-7/h2-3H,4,11H2,1H3. The molecule has 74 valence electrons. The minimum Gasteiger partial charge on any atom is -0.440 e. The van der Waals surface area contributed by atoms with Gasteiger partial charge in [0.15, 0.2) is 11.7 Å². The molecule has 2 aromatic rings. The molecule has 2 aromatic heterocycles. The van der Waals surface area contributed by atoms with Crippen molar-refractivity contribution >= 4 is 22.9 Å². The Hall–Kier alpha value is -0.840. The van der Waals surface area contributed by atoms with Crippen molar-refractivity contribution in [3.8, 4) is 10.6 Å². The zero-order valence-electron chi connectivity index (χ0n) is 7.58. The van der Waals surface area contributed by atoms with E-state index in [0.717, 1.165) is 20.7 Å². The van der Waals surface area contributed by atoms with E-state index in [4.69, 9.17) is 21.8 Å². The second kappa shape index (κ2) is 3.73. The van der Waals surface area contributed by atoms with Crippen molar-refractivity contribution in [2.75, 3.05) is 0 Å². The average Bonchev–Trinajstić information content (AvgIpc) is 2.71. The maximum atomic E-state index is 5.84. The molecule has 2 rings (SSSR count). The monoisotopic (exact) mass is 228 g/mol. The van der Waals surface area contributed by atoms with Gasteiger partial charge in [0.2, 0.25) is 0 Å². The van der Waals surface area contributed by atoms with E-state index in [2.05, 4.69) is 4.98 Å². The molecular formula is C9H9ClN2OS. The van der Waals surface area contributed by atoms with Gasteiger partial charge in [-0.3, -0.25) is 0 Å². The fourth-order valence-corrected chi connectivity index (χ4v) is 2.28. The van der Waals surface area contributed by atoms with Gasteiger partial charge in [-0.05, 0) is 12.1 Å². The highest BCUT2D eigenvalue weighted by molar-refractivity contribution is 7.19. The first-order valence-electron chi connectivity index (χ1n) is 4.13. The maximum Gasteiger partial charge on any atom is 0.192 e. The quantitative estimate of drug-likeness (QED) is 0.860. The molecule has 0 atom stereocenters. The van der Waals surface area contributed by atoms with Gasteiger partial charge in [0.1, 0.15) is 5.69 Å². The van der Waals surface area contributed by atoms with Gasteiger partial charge in [0, 0.05) is 13.5 Å². The lowest BCUT2D eigenvalue weighted by atomic mass is 10.3. The van der Waals surface area contributed by atoms with E-state index < -0.39 is 0 Å². The number of hydrogen-bond donors (Lipinski definition) is 1. The predicted molar refractivity (Wildman–Crippen MR) is 57.5 cm³/mol. The molecule has 0 saturated carbocycles. The van der Waals surface area contributed by atoms with Crippen LogP contribution in [-0.2, 0) is 6.54 Å². The summed E-state index contributed by atoms with van der Waals surface area (Å²) in [7, 11) is 0. The number of halogens is 1. The van der Waals surface area contributed by atoms with Crippen molar-refractivity contribution in [1.82, 2.24) is 4.98 Å². The van der Waals surface area contributed by atoms with Crippen LogP contribution in [-0.4, -0.2) is 4.98 Å². The largest absolute Gasteiger partial charge is 0.440 e. The number of thiophene rings is 1. The number of hydrogen-bond acceptors (Lipinski definition) is 4. The smallest absolute Gasteiger partial charge is 0.192 e. The lowest BCUT2D eigenvalue weighted by molar-refractivity contribution is 0.535. The summed E-state index contributed by atoms with van der Waals surface area (Å²) in [4.78, 5) is 5.16. The number of oxazole rings is 1. The Morgan fingerprint density at radius 3 is 2.93 bits per heavy atom. The Morgan fingerprint density at radius 1 is 1.57 bits per heavy atom. The summed E-state index contributed by atoms with van der Waals surface area (Å²) in [6.45, 7) is 2.18. The Balaban J connectivity index is 2.49. The van der Waals surface area contributed by atoms with Crippen molar-refractivity contribution in [3.05, 3.63) is 28.1 Å². The van der Waals surface area contributed by atoms with E-state index in [0.29, 0.717) is 12.4 Å². The molecule has 0 aliphatic carbocycles. The Morgan fingerprint density at radius 2 is 2.36 bits per heavy atom. The van der Waals surface area contributed by atoms with E-state index in [1.54, 1.807) is 6.92 Å². The number of nitrogens with two attached hydrogens (primary N) is 1. The molecule has 5 heteroatoms. The molecule has 2 N–H and O–H groups in total. The lowest BCUT2D eigenvalue weighted by Gasteiger charge is -1.92. The van der Waals surface area contributed by atoms with Crippen LogP contribution in [0.15, 0.2) is 16.5 Å². The van der Waals surface area contributed by atoms with E-state index in [9.17, 15) is 0 Å². The van der Waals surface area contributed by atoms with Crippen molar-refractivity contribution in [2.24, 2.45) is 5.73 Å². The van der Waals surface area contributed by atoms with Crippen molar-refractivity contribution in [2.45, 2.75) is 13.5 Å². The third-order valence-electron chi connectivity index (χ3n) is 1.79. The first-order chi connectivity index (χ1) is 6.70. The highest BCUT2D eigenvalue weighted by Crippen LogP contribution is 2.33. The third kappa shape index (κ3) is 1.68. The average molecular weight is 229 g/mol. The number of aromatic nitrogens is 1. The van der Waals surface area contributed by atoms with Crippen LogP contribution in [0.5, 0.6) is 0 Å². The van der Waals surface area contributed by atoms with Gasteiger partial charge in [-0.2, -0.15) is 0 Å². The van der Waals surface area contributed by atoms with E-state index >= 15 is 0 Å². The van der Waals surface area contributed by atoms with Gasteiger partial charge in [0.25, 0.3) is 0 Å². The second-order valence-electron chi connectivity index (χ2n) is 2.82. The topological polar surface area (TPSA) is 52.0 Å². The summed E-state index contributed by atoms with van der Waals surface area (Å²) in [6.07, 6.45) is 0. The zero-order valence-corrected chi connectivity index (χ0v) is 9.15. The summed E-state index contributed by atoms with van der Waals surface area (Å²) in [5.74, 6) is 1.37. The van der Waals surface area contributed by atoms with Gasteiger partial charge in [-0.15, -0.1) is 11.3 Å². The van der Waals surface area contributed by atoms with Crippen molar-refractivity contribution in [1.29, 1.82) is 0 Å². The third-order valence-corrected chi connectivity index (χ3v) is 3.02. The van der Waals surface area contributed by atoms with Gasteiger partial charge in [0.05, 0.1) is 9.21 Å². The molecule has 0 bridgehead atoms. The Labute approximate surface area is 90.5 Å². The summed E-state index contributed by atoms with van der Waals surface area (Å²) in [5.41, 5.74) is 6.34. The van der Waals surface area contributed by atoms with Gasteiger partial charge in [-0.1, -0.05) is 11.6 Å². The molecule has 14 heavy (non-hydrogen) atoms. The van der Waals surface area contributed by atoms with Crippen LogP contribution in [0.25, 0.3) is 10.6 Å². The second-order valence-corrected chi connectivity index (χ2v) is 4.53. The lowest BCUT2D eigenvalue weighted by Crippen LogP contribution is -1.97. The highest BCUT2D eigenvalue weighted by Gasteiger charge is 2.13. The number of rotatable bonds is 2.